The van der Waals surface area contributed by atoms with Crippen LogP contribution in [0.2, 0.25) is 0 Å². The van der Waals surface area contributed by atoms with E-state index in [2.05, 4.69) is 4.98 Å². The molecular formula is C15H15NO2S. The molecule has 2 aromatic rings. The summed E-state index contributed by atoms with van der Waals surface area (Å²) < 4.78 is 0. The summed E-state index contributed by atoms with van der Waals surface area (Å²) in [6.45, 7) is 3.76. The molecule has 0 saturated heterocycles. The summed E-state index contributed by atoms with van der Waals surface area (Å²) in [5, 5.41) is 10.7. The number of hydrogen-bond acceptors (Lipinski definition) is 4. The van der Waals surface area contributed by atoms with Crippen LogP contribution in [0.4, 0.5) is 0 Å². The molecule has 1 N–H and O–H groups in total. The number of aryl methyl sites for hydroxylation is 3. The maximum absolute atomic E-state index is 11.8. The van der Waals surface area contributed by atoms with Crippen LogP contribution in [0.1, 0.15) is 39.3 Å². The fourth-order valence-electron chi connectivity index (χ4n) is 2.47. The molecule has 3 rings (SSSR count). The van der Waals surface area contributed by atoms with Crippen molar-refractivity contribution >= 4 is 17.1 Å². The van der Waals surface area contributed by atoms with Gasteiger partial charge in [-0.05, 0) is 49.9 Å². The van der Waals surface area contributed by atoms with Crippen molar-refractivity contribution < 1.29 is 9.90 Å². The summed E-state index contributed by atoms with van der Waals surface area (Å²) in [4.78, 5) is 17.3. The molecule has 0 amide bonds. The fraction of sp³-hybridized carbons (Fsp3) is 0.333. The summed E-state index contributed by atoms with van der Waals surface area (Å²) in [5.74, 6) is 0.554. The molecule has 98 valence electrons. The lowest BCUT2D eigenvalue weighted by molar-refractivity contribution is 0.0976. The Morgan fingerprint density at radius 3 is 2.53 bits per heavy atom. The quantitative estimate of drug-likeness (QED) is 0.862. The first-order chi connectivity index (χ1) is 9.06. The van der Waals surface area contributed by atoms with E-state index in [-0.39, 0.29) is 5.78 Å². The summed E-state index contributed by atoms with van der Waals surface area (Å²) in [6, 6.07) is 3.86. The van der Waals surface area contributed by atoms with E-state index in [9.17, 15) is 9.90 Å². The normalized spacial score (nSPS) is 14.5. The van der Waals surface area contributed by atoms with E-state index >= 15 is 0 Å². The predicted octanol–water partition coefficient (Wildman–Crippen LogP) is 3.65. The van der Waals surface area contributed by atoms with E-state index in [1.165, 1.54) is 11.3 Å². The number of ketones is 1. The minimum atomic E-state index is 0.220. The number of carbonyl (C=O) groups is 1. The molecule has 1 aromatic heterocycles. The lowest BCUT2D eigenvalue weighted by Crippen LogP contribution is -2.07. The summed E-state index contributed by atoms with van der Waals surface area (Å²) in [6.07, 6.45) is 2.44. The van der Waals surface area contributed by atoms with Crippen LogP contribution in [-0.4, -0.2) is 15.9 Å². The molecular weight excluding hydrogens is 258 g/mol. The molecule has 4 heteroatoms. The molecule has 0 unspecified atom stereocenters. The fourth-order valence-corrected chi connectivity index (χ4v) is 3.54. The highest BCUT2D eigenvalue weighted by atomic mass is 32.1. The topological polar surface area (TPSA) is 50.2 Å². The zero-order valence-electron chi connectivity index (χ0n) is 11.0. The Kier molecular flexibility index (Phi) is 2.90. The first-order valence-corrected chi connectivity index (χ1v) is 7.21. The van der Waals surface area contributed by atoms with Crippen LogP contribution in [0.25, 0.3) is 10.6 Å². The largest absolute Gasteiger partial charge is 0.507 e. The van der Waals surface area contributed by atoms with E-state index < -0.39 is 0 Å². The summed E-state index contributed by atoms with van der Waals surface area (Å²) in [7, 11) is 0. The highest BCUT2D eigenvalue weighted by Crippen LogP contribution is 2.35. The summed E-state index contributed by atoms with van der Waals surface area (Å²) >= 11 is 1.48. The van der Waals surface area contributed by atoms with Gasteiger partial charge in [0.05, 0.1) is 10.6 Å². The first-order valence-electron chi connectivity index (χ1n) is 6.40. The highest BCUT2D eigenvalue weighted by Gasteiger charge is 2.22. The molecule has 1 aliphatic carbocycles. The van der Waals surface area contributed by atoms with Crippen molar-refractivity contribution in [1.29, 1.82) is 0 Å². The summed E-state index contributed by atoms with van der Waals surface area (Å²) in [5.41, 5.74) is 3.61. The molecule has 1 heterocycles. The van der Waals surface area contributed by atoms with E-state index in [1.54, 1.807) is 0 Å². The number of hydrogen-bond donors (Lipinski definition) is 1. The number of phenolic OH excluding ortho intramolecular Hbond substituents is 1. The van der Waals surface area contributed by atoms with E-state index in [0.29, 0.717) is 12.2 Å². The van der Waals surface area contributed by atoms with Gasteiger partial charge in [-0.15, -0.1) is 11.3 Å². The van der Waals surface area contributed by atoms with Crippen LogP contribution in [0.15, 0.2) is 12.1 Å². The van der Waals surface area contributed by atoms with Gasteiger partial charge in [-0.1, -0.05) is 0 Å². The van der Waals surface area contributed by atoms with Crippen LogP contribution in [0.3, 0.4) is 0 Å². The number of benzene rings is 1. The van der Waals surface area contributed by atoms with Gasteiger partial charge in [-0.3, -0.25) is 4.79 Å². The maximum Gasteiger partial charge on any atom is 0.174 e. The van der Waals surface area contributed by atoms with Gasteiger partial charge in [0.25, 0.3) is 0 Å². The number of nitrogens with zero attached hydrogens (tertiary/aromatic N) is 1. The first kappa shape index (κ1) is 12.4. The smallest absolute Gasteiger partial charge is 0.174 e. The highest BCUT2D eigenvalue weighted by molar-refractivity contribution is 7.17. The van der Waals surface area contributed by atoms with Crippen LogP contribution in [0.5, 0.6) is 5.75 Å². The SMILES string of the molecule is Cc1cc(-c2nc3c(s2)C(=O)CCC3)cc(C)c1O. The Morgan fingerprint density at radius 2 is 1.89 bits per heavy atom. The Morgan fingerprint density at radius 1 is 1.21 bits per heavy atom. The second kappa shape index (κ2) is 4.46. The molecule has 0 atom stereocenters. The number of carbonyl (C=O) groups excluding carboxylic acids is 1. The third-order valence-corrected chi connectivity index (χ3v) is 4.69. The predicted molar refractivity (Wildman–Crippen MR) is 76.0 cm³/mol. The van der Waals surface area contributed by atoms with E-state index in [1.807, 2.05) is 26.0 Å². The lowest BCUT2D eigenvalue weighted by atomic mass is 10.0. The van der Waals surface area contributed by atoms with Crippen molar-refractivity contribution in [1.82, 2.24) is 4.98 Å². The Labute approximate surface area is 115 Å². The third-order valence-electron chi connectivity index (χ3n) is 3.51. The second-order valence-corrected chi connectivity index (χ2v) is 6.03. The maximum atomic E-state index is 11.8. The van der Waals surface area contributed by atoms with Crippen molar-refractivity contribution in [3.05, 3.63) is 33.8 Å². The third kappa shape index (κ3) is 2.06. The molecule has 0 aliphatic heterocycles. The van der Waals surface area contributed by atoms with Crippen molar-refractivity contribution in [3.8, 4) is 16.3 Å². The Bertz CT molecular complexity index is 650. The van der Waals surface area contributed by atoms with Crippen molar-refractivity contribution in [3.63, 3.8) is 0 Å². The number of rotatable bonds is 1. The molecule has 0 saturated carbocycles. The number of Topliss-reactive ketones (excluding diaryl/α,β-unsaturated/α-hetero) is 1. The van der Waals surface area contributed by atoms with Gasteiger partial charge in [0, 0.05) is 12.0 Å². The molecule has 19 heavy (non-hydrogen) atoms. The number of aromatic hydroxyl groups is 1. The number of thiazole rings is 1. The number of fused-ring (bicyclic) bond motifs is 1. The van der Waals surface area contributed by atoms with Crippen LogP contribution in [-0.2, 0) is 6.42 Å². The lowest BCUT2D eigenvalue weighted by Gasteiger charge is -2.06. The zero-order chi connectivity index (χ0) is 13.6. The Hall–Kier alpha value is -1.68. The molecule has 3 nitrogen and oxygen atoms in total. The van der Waals surface area contributed by atoms with Gasteiger partial charge in [0.15, 0.2) is 5.78 Å². The van der Waals surface area contributed by atoms with Crippen molar-refractivity contribution in [2.24, 2.45) is 0 Å². The van der Waals surface area contributed by atoms with Gasteiger partial charge < -0.3 is 5.11 Å². The van der Waals surface area contributed by atoms with Gasteiger partial charge in [-0.25, -0.2) is 4.98 Å². The average Bonchev–Trinajstić information content (AvgIpc) is 2.81. The van der Waals surface area contributed by atoms with E-state index in [4.69, 9.17) is 0 Å². The average molecular weight is 273 g/mol. The second-order valence-electron chi connectivity index (χ2n) is 5.03. The van der Waals surface area contributed by atoms with Crippen molar-refractivity contribution in [2.45, 2.75) is 33.1 Å². The van der Waals surface area contributed by atoms with Gasteiger partial charge in [-0.2, -0.15) is 0 Å². The minimum Gasteiger partial charge on any atom is -0.507 e. The van der Waals surface area contributed by atoms with Gasteiger partial charge >= 0.3 is 0 Å². The molecule has 1 aromatic carbocycles. The van der Waals surface area contributed by atoms with E-state index in [0.717, 1.165) is 45.1 Å². The molecule has 0 spiro atoms. The van der Waals surface area contributed by atoms with Crippen LogP contribution < -0.4 is 0 Å². The molecule has 1 aliphatic rings. The van der Waals surface area contributed by atoms with Crippen LogP contribution in [0, 0.1) is 13.8 Å². The van der Waals surface area contributed by atoms with Crippen molar-refractivity contribution in [2.75, 3.05) is 0 Å². The Balaban J connectivity index is 2.10. The molecule has 0 bridgehead atoms. The number of aromatic nitrogens is 1. The zero-order valence-corrected chi connectivity index (χ0v) is 11.8. The van der Waals surface area contributed by atoms with Gasteiger partial charge in [0.2, 0.25) is 0 Å². The number of phenols is 1. The minimum absolute atomic E-state index is 0.220. The standard InChI is InChI=1S/C15H15NO2S/c1-8-6-10(7-9(2)13(8)18)15-16-11-4-3-5-12(17)14(11)19-15/h6-7,18H,3-5H2,1-2H3. The molecule has 0 fully saturated rings. The van der Waals surface area contributed by atoms with Gasteiger partial charge in [0.1, 0.15) is 10.8 Å². The molecule has 0 radical (unpaired) electrons. The monoisotopic (exact) mass is 273 g/mol. The van der Waals surface area contributed by atoms with Crippen LogP contribution >= 0.6 is 11.3 Å².